The Balaban J connectivity index is 2.70. The Bertz CT molecular complexity index is 424. The van der Waals surface area contributed by atoms with Crippen molar-refractivity contribution < 1.29 is 9.53 Å². The largest absolute Gasteiger partial charge is 0.469 e. The van der Waals surface area contributed by atoms with Crippen molar-refractivity contribution in [3.8, 4) is 0 Å². The quantitative estimate of drug-likeness (QED) is 0.866. The third-order valence-electron chi connectivity index (χ3n) is 2.24. The number of methoxy groups -OCH3 is 1. The number of esters is 1. The zero-order valence-corrected chi connectivity index (χ0v) is 12.2. The van der Waals surface area contributed by atoms with E-state index in [0.717, 1.165) is 4.47 Å². The highest BCUT2D eigenvalue weighted by Crippen LogP contribution is 2.25. The van der Waals surface area contributed by atoms with Crippen molar-refractivity contribution in [2.75, 3.05) is 19.0 Å². The molecular weight excluding hydrogens is 307 g/mol. The van der Waals surface area contributed by atoms with Crippen LogP contribution in [-0.4, -0.2) is 24.6 Å². The molecule has 0 radical (unpaired) electrons. The molecule has 1 heterocycles. The van der Waals surface area contributed by atoms with E-state index < -0.39 is 5.41 Å². The SMILES string of the molecule is COC(=O)C(C)(C)CNc1ncc(Br)cc1Cl. The second-order valence-electron chi connectivity index (χ2n) is 4.21. The van der Waals surface area contributed by atoms with E-state index in [1.807, 2.05) is 0 Å². The fourth-order valence-corrected chi connectivity index (χ4v) is 1.89. The molecule has 0 aliphatic carbocycles. The van der Waals surface area contributed by atoms with Gasteiger partial charge in [-0.15, -0.1) is 0 Å². The maximum Gasteiger partial charge on any atom is 0.313 e. The first-order valence-corrected chi connectivity index (χ1v) is 6.17. The van der Waals surface area contributed by atoms with E-state index in [-0.39, 0.29) is 5.97 Å². The number of hydrogen-bond donors (Lipinski definition) is 1. The second kappa shape index (κ2) is 5.69. The van der Waals surface area contributed by atoms with Crippen LogP contribution < -0.4 is 5.32 Å². The molecule has 4 nitrogen and oxygen atoms in total. The van der Waals surface area contributed by atoms with Gasteiger partial charge in [0, 0.05) is 17.2 Å². The summed E-state index contributed by atoms with van der Waals surface area (Å²) in [6, 6.07) is 1.74. The molecule has 0 aliphatic rings. The highest BCUT2D eigenvalue weighted by atomic mass is 79.9. The lowest BCUT2D eigenvalue weighted by Crippen LogP contribution is -2.33. The molecule has 94 valence electrons. The lowest BCUT2D eigenvalue weighted by Gasteiger charge is -2.22. The fraction of sp³-hybridized carbons (Fsp3) is 0.455. The summed E-state index contributed by atoms with van der Waals surface area (Å²) in [5, 5.41) is 3.53. The van der Waals surface area contributed by atoms with Gasteiger partial charge in [0.1, 0.15) is 5.82 Å². The molecule has 6 heteroatoms. The summed E-state index contributed by atoms with van der Waals surface area (Å²) in [5.74, 6) is 0.269. The van der Waals surface area contributed by atoms with Crippen LogP contribution in [0, 0.1) is 5.41 Å². The molecule has 0 aromatic carbocycles. The second-order valence-corrected chi connectivity index (χ2v) is 5.54. The van der Waals surface area contributed by atoms with Gasteiger partial charge in [0.2, 0.25) is 0 Å². The zero-order valence-electron chi connectivity index (χ0n) is 9.88. The van der Waals surface area contributed by atoms with Crippen molar-refractivity contribution in [3.63, 3.8) is 0 Å². The highest BCUT2D eigenvalue weighted by molar-refractivity contribution is 9.10. The van der Waals surface area contributed by atoms with Crippen LogP contribution in [0.2, 0.25) is 5.02 Å². The lowest BCUT2D eigenvalue weighted by atomic mass is 9.94. The minimum atomic E-state index is -0.632. The van der Waals surface area contributed by atoms with Crippen molar-refractivity contribution in [1.29, 1.82) is 0 Å². The van der Waals surface area contributed by atoms with Crippen molar-refractivity contribution in [2.45, 2.75) is 13.8 Å². The zero-order chi connectivity index (χ0) is 13.1. The van der Waals surface area contributed by atoms with Crippen molar-refractivity contribution in [2.24, 2.45) is 5.41 Å². The van der Waals surface area contributed by atoms with Gasteiger partial charge in [-0.2, -0.15) is 0 Å². The van der Waals surface area contributed by atoms with E-state index in [1.54, 1.807) is 26.1 Å². The molecule has 1 rings (SSSR count). The number of aromatic nitrogens is 1. The number of ether oxygens (including phenoxy) is 1. The first-order valence-electron chi connectivity index (χ1n) is 5.00. The Labute approximate surface area is 114 Å². The van der Waals surface area contributed by atoms with Crippen molar-refractivity contribution in [1.82, 2.24) is 4.98 Å². The number of anilines is 1. The highest BCUT2D eigenvalue weighted by Gasteiger charge is 2.28. The Morgan fingerprint density at radius 1 is 1.65 bits per heavy atom. The standard InChI is InChI=1S/C11H14BrClN2O2/c1-11(2,10(16)17-3)6-15-9-8(13)4-7(12)5-14-9/h4-5H,6H2,1-3H3,(H,14,15). The van der Waals surface area contributed by atoms with E-state index in [4.69, 9.17) is 16.3 Å². The van der Waals surface area contributed by atoms with Crippen molar-refractivity contribution in [3.05, 3.63) is 21.8 Å². The summed E-state index contributed by atoms with van der Waals surface area (Å²) in [4.78, 5) is 15.6. The topological polar surface area (TPSA) is 51.2 Å². The van der Waals surface area contributed by atoms with E-state index in [1.165, 1.54) is 7.11 Å². The summed E-state index contributed by atoms with van der Waals surface area (Å²) in [7, 11) is 1.37. The van der Waals surface area contributed by atoms with Crippen LogP contribution in [0.4, 0.5) is 5.82 Å². The van der Waals surface area contributed by atoms with Gasteiger partial charge in [-0.25, -0.2) is 4.98 Å². The summed E-state index contributed by atoms with van der Waals surface area (Å²) < 4.78 is 5.52. The van der Waals surface area contributed by atoms with Gasteiger partial charge in [-0.05, 0) is 35.8 Å². The van der Waals surface area contributed by atoms with Gasteiger partial charge in [0.15, 0.2) is 0 Å². The van der Waals surface area contributed by atoms with Gasteiger partial charge < -0.3 is 10.1 Å². The molecule has 0 unspecified atom stereocenters. The Morgan fingerprint density at radius 3 is 2.82 bits per heavy atom. The summed E-state index contributed by atoms with van der Waals surface area (Å²) in [5.41, 5.74) is -0.632. The summed E-state index contributed by atoms with van der Waals surface area (Å²) in [6.07, 6.45) is 1.64. The van der Waals surface area contributed by atoms with E-state index >= 15 is 0 Å². The lowest BCUT2D eigenvalue weighted by molar-refractivity contribution is -0.149. The van der Waals surface area contributed by atoms with Crippen molar-refractivity contribution >= 4 is 39.3 Å². The molecule has 0 atom stereocenters. The number of pyridine rings is 1. The van der Waals surface area contributed by atoms with Gasteiger partial charge in [0.05, 0.1) is 17.5 Å². The van der Waals surface area contributed by atoms with E-state index in [2.05, 4.69) is 26.2 Å². The number of carbonyl (C=O) groups excluding carboxylic acids is 1. The summed E-state index contributed by atoms with van der Waals surface area (Å²) >= 11 is 9.27. The van der Waals surface area contributed by atoms with Crippen LogP contribution in [0.5, 0.6) is 0 Å². The molecule has 0 bridgehead atoms. The van der Waals surface area contributed by atoms with Crippen LogP contribution >= 0.6 is 27.5 Å². The minimum Gasteiger partial charge on any atom is -0.469 e. The predicted molar refractivity (Wildman–Crippen MR) is 71.2 cm³/mol. The monoisotopic (exact) mass is 320 g/mol. The van der Waals surface area contributed by atoms with Crippen LogP contribution in [0.15, 0.2) is 16.7 Å². The fourth-order valence-electron chi connectivity index (χ4n) is 1.20. The maximum absolute atomic E-state index is 11.5. The van der Waals surface area contributed by atoms with Gasteiger partial charge in [-0.1, -0.05) is 11.6 Å². The Morgan fingerprint density at radius 2 is 2.29 bits per heavy atom. The smallest absolute Gasteiger partial charge is 0.313 e. The molecule has 17 heavy (non-hydrogen) atoms. The number of rotatable bonds is 4. The van der Waals surface area contributed by atoms with Crippen LogP contribution in [0.25, 0.3) is 0 Å². The molecule has 0 saturated heterocycles. The molecule has 1 N–H and O–H groups in total. The first kappa shape index (κ1) is 14.3. The van der Waals surface area contributed by atoms with Gasteiger partial charge in [0.25, 0.3) is 0 Å². The number of carbonyl (C=O) groups is 1. The molecule has 0 amide bonds. The number of hydrogen-bond acceptors (Lipinski definition) is 4. The first-order chi connectivity index (χ1) is 7.86. The molecule has 1 aromatic heterocycles. The normalized spacial score (nSPS) is 11.1. The van der Waals surface area contributed by atoms with E-state index in [9.17, 15) is 4.79 Å². The molecule has 0 fully saturated rings. The third kappa shape index (κ3) is 3.85. The predicted octanol–water partition coefficient (Wildman–Crippen LogP) is 3.11. The Hall–Kier alpha value is -0.810. The van der Waals surface area contributed by atoms with Crippen LogP contribution in [0.1, 0.15) is 13.8 Å². The average molecular weight is 322 g/mol. The molecular formula is C11H14BrClN2O2. The molecule has 1 aromatic rings. The maximum atomic E-state index is 11.5. The molecule has 0 spiro atoms. The van der Waals surface area contributed by atoms with Gasteiger partial charge in [-0.3, -0.25) is 4.79 Å². The average Bonchev–Trinajstić information content (AvgIpc) is 2.26. The number of nitrogens with zero attached hydrogens (tertiary/aromatic N) is 1. The molecule has 0 aliphatic heterocycles. The van der Waals surface area contributed by atoms with Crippen LogP contribution in [0.3, 0.4) is 0 Å². The third-order valence-corrected chi connectivity index (χ3v) is 2.97. The summed E-state index contributed by atoms with van der Waals surface area (Å²) in [6.45, 7) is 3.98. The van der Waals surface area contributed by atoms with Gasteiger partial charge >= 0.3 is 5.97 Å². The van der Waals surface area contributed by atoms with E-state index in [0.29, 0.717) is 17.4 Å². The number of halogens is 2. The van der Waals surface area contributed by atoms with Crippen LogP contribution in [-0.2, 0) is 9.53 Å². The molecule has 0 saturated carbocycles. The number of nitrogens with one attached hydrogen (secondary N) is 1. The Kier molecular flexibility index (Phi) is 4.77. The minimum absolute atomic E-state index is 0.279.